The summed E-state index contributed by atoms with van der Waals surface area (Å²) in [7, 11) is 0. The van der Waals surface area contributed by atoms with Gasteiger partial charge in [0.25, 0.3) is 0 Å². The lowest BCUT2D eigenvalue weighted by atomic mass is 9.86. The maximum Gasteiger partial charge on any atom is 0.408 e. The standard InChI is InChI=1S/C36H52N6O9/c1-9-21(2)31(45)41-30-23-15-16-25(42(23)39-20-38-30)36(19-37)29(44)27(24(50-36)18-48-26(43)17-22-13-11-10-12-14-22)49-32(46)28(34(3,4)5)40-33(47)51-35(6,7)8/h15-16,20-22,24,27-29,44H,9-14,17-18H2,1-8H3,(H,40,47)(H,38,39,41,45)/t21-,24-,27-,28-,29-,36+/m1/s1. The van der Waals surface area contributed by atoms with Crippen molar-refractivity contribution < 1.29 is 43.2 Å². The summed E-state index contributed by atoms with van der Waals surface area (Å²) >= 11 is 0. The zero-order valence-electron chi connectivity index (χ0n) is 30.9. The van der Waals surface area contributed by atoms with Crippen LogP contribution in [0.3, 0.4) is 0 Å². The molecule has 1 saturated heterocycles. The molecule has 2 aromatic heterocycles. The van der Waals surface area contributed by atoms with Crippen LogP contribution in [-0.4, -0.2) is 80.2 Å². The number of alkyl carbamates (subject to hydrolysis) is 1. The van der Waals surface area contributed by atoms with E-state index in [9.17, 15) is 29.5 Å². The van der Waals surface area contributed by atoms with Crippen LogP contribution in [0.1, 0.15) is 106 Å². The highest BCUT2D eigenvalue weighted by Crippen LogP contribution is 2.42. The number of esters is 2. The van der Waals surface area contributed by atoms with Gasteiger partial charge in [-0.15, -0.1) is 0 Å². The third-order valence-electron chi connectivity index (χ3n) is 9.34. The smallest absolute Gasteiger partial charge is 0.408 e. The molecule has 4 rings (SSSR count). The van der Waals surface area contributed by atoms with Crippen LogP contribution in [0.2, 0.25) is 0 Å². The van der Waals surface area contributed by atoms with Gasteiger partial charge >= 0.3 is 18.0 Å². The Morgan fingerprint density at radius 1 is 1.14 bits per heavy atom. The van der Waals surface area contributed by atoms with Crippen molar-refractivity contribution in [3.05, 3.63) is 24.2 Å². The molecule has 3 N–H and O–H groups in total. The lowest BCUT2D eigenvalue weighted by molar-refractivity contribution is -0.164. The molecular weight excluding hydrogens is 660 g/mol. The van der Waals surface area contributed by atoms with E-state index in [1.165, 1.54) is 16.9 Å². The van der Waals surface area contributed by atoms with Crippen LogP contribution >= 0.6 is 0 Å². The van der Waals surface area contributed by atoms with Crippen molar-refractivity contribution in [2.75, 3.05) is 11.9 Å². The first-order valence-corrected chi connectivity index (χ1v) is 17.7. The zero-order chi connectivity index (χ0) is 37.7. The topological polar surface area (TPSA) is 203 Å². The van der Waals surface area contributed by atoms with Crippen LogP contribution in [-0.2, 0) is 38.9 Å². The molecule has 1 saturated carbocycles. The molecular formula is C36H52N6O9. The number of aromatic nitrogens is 3. The Morgan fingerprint density at radius 2 is 1.82 bits per heavy atom. The lowest BCUT2D eigenvalue weighted by Gasteiger charge is -2.32. The number of hydrogen-bond donors (Lipinski definition) is 3. The van der Waals surface area contributed by atoms with E-state index in [0.29, 0.717) is 11.9 Å². The Balaban J connectivity index is 1.67. The predicted octanol–water partition coefficient (Wildman–Crippen LogP) is 4.56. The first kappa shape index (κ1) is 39.5. The second kappa shape index (κ2) is 15.9. The number of carbonyl (C=O) groups is 4. The number of fused-ring (bicyclic) bond motifs is 1. The maximum atomic E-state index is 13.8. The number of aliphatic hydroxyl groups excluding tert-OH is 1. The molecule has 2 aromatic rings. The summed E-state index contributed by atoms with van der Waals surface area (Å²) < 4.78 is 24.5. The minimum Gasteiger partial charge on any atom is -0.463 e. The summed E-state index contributed by atoms with van der Waals surface area (Å²) in [5.41, 5.74) is -3.52. The van der Waals surface area contributed by atoms with E-state index in [-0.39, 0.29) is 35.7 Å². The van der Waals surface area contributed by atoms with Crippen molar-refractivity contribution in [2.24, 2.45) is 17.3 Å². The molecule has 15 heteroatoms. The van der Waals surface area contributed by atoms with Crippen LogP contribution in [0.5, 0.6) is 0 Å². The fourth-order valence-corrected chi connectivity index (χ4v) is 6.30. The Morgan fingerprint density at radius 3 is 2.43 bits per heavy atom. The van der Waals surface area contributed by atoms with Crippen LogP contribution in [0.15, 0.2) is 18.5 Å². The maximum absolute atomic E-state index is 13.8. The van der Waals surface area contributed by atoms with E-state index in [4.69, 9.17) is 18.9 Å². The Labute approximate surface area is 298 Å². The molecule has 51 heavy (non-hydrogen) atoms. The summed E-state index contributed by atoms with van der Waals surface area (Å²) in [6, 6.07) is 3.86. The van der Waals surface area contributed by atoms with Gasteiger partial charge in [-0.2, -0.15) is 10.4 Å². The molecule has 0 aromatic carbocycles. The van der Waals surface area contributed by atoms with Gasteiger partial charge < -0.3 is 34.7 Å². The summed E-state index contributed by atoms with van der Waals surface area (Å²) in [6.45, 7) is 13.4. The van der Waals surface area contributed by atoms with E-state index in [0.717, 1.165) is 32.1 Å². The number of nitrogens with zero attached hydrogens (tertiary/aromatic N) is 4. The molecule has 0 bridgehead atoms. The van der Waals surface area contributed by atoms with Gasteiger partial charge in [0.05, 0.1) is 5.69 Å². The second-order valence-corrected chi connectivity index (χ2v) is 15.6. The van der Waals surface area contributed by atoms with Crippen LogP contribution in [0, 0.1) is 28.6 Å². The Kier molecular flexibility index (Phi) is 12.3. The molecule has 6 atom stereocenters. The predicted molar refractivity (Wildman–Crippen MR) is 184 cm³/mol. The first-order chi connectivity index (χ1) is 23.9. The van der Waals surface area contributed by atoms with E-state index in [1.807, 2.05) is 6.92 Å². The average molecular weight is 713 g/mol. The van der Waals surface area contributed by atoms with Gasteiger partial charge in [0.1, 0.15) is 48.4 Å². The normalized spacial score (nSPS) is 23.9. The average Bonchev–Trinajstić information content (AvgIpc) is 3.61. The zero-order valence-corrected chi connectivity index (χ0v) is 30.9. The molecule has 0 radical (unpaired) electrons. The van der Waals surface area contributed by atoms with Gasteiger partial charge in [-0.3, -0.25) is 9.59 Å². The molecule has 0 spiro atoms. The number of anilines is 1. The molecule has 2 fully saturated rings. The molecule has 0 unspecified atom stereocenters. The van der Waals surface area contributed by atoms with Gasteiger partial charge in [0.15, 0.2) is 11.9 Å². The molecule has 3 heterocycles. The molecule has 280 valence electrons. The van der Waals surface area contributed by atoms with Crippen LogP contribution in [0.4, 0.5) is 10.6 Å². The summed E-state index contributed by atoms with van der Waals surface area (Å²) in [5, 5.41) is 32.2. The van der Waals surface area contributed by atoms with Crippen LogP contribution < -0.4 is 10.6 Å². The van der Waals surface area contributed by atoms with Gasteiger partial charge in [-0.25, -0.2) is 19.1 Å². The minimum absolute atomic E-state index is 0.0604. The fraction of sp³-hybridized carbons (Fsp3) is 0.694. The van der Waals surface area contributed by atoms with Gasteiger partial charge in [-0.1, -0.05) is 53.9 Å². The highest BCUT2D eigenvalue weighted by molar-refractivity contribution is 5.95. The number of nitrogens with one attached hydrogen (secondary N) is 2. The van der Waals surface area contributed by atoms with E-state index < -0.39 is 65.6 Å². The third kappa shape index (κ3) is 9.34. The molecule has 1 aliphatic heterocycles. The summed E-state index contributed by atoms with van der Waals surface area (Å²) in [4.78, 5) is 56.5. The number of rotatable bonds is 11. The van der Waals surface area contributed by atoms with E-state index >= 15 is 0 Å². The number of hydrogen-bond acceptors (Lipinski definition) is 12. The third-order valence-corrected chi connectivity index (χ3v) is 9.34. The minimum atomic E-state index is -2.18. The van der Waals surface area contributed by atoms with Crippen molar-refractivity contribution in [1.82, 2.24) is 19.9 Å². The van der Waals surface area contributed by atoms with Gasteiger partial charge in [0, 0.05) is 12.3 Å². The Bertz CT molecular complexity index is 1620. The first-order valence-electron chi connectivity index (χ1n) is 17.7. The van der Waals surface area contributed by atoms with Gasteiger partial charge in [0.2, 0.25) is 11.5 Å². The highest BCUT2D eigenvalue weighted by Gasteiger charge is 2.60. The van der Waals surface area contributed by atoms with E-state index in [1.54, 1.807) is 54.5 Å². The number of aliphatic hydroxyl groups is 1. The molecule has 15 nitrogen and oxygen atoms in total. The second-order valence-electron chi connectivity index (χ2n) is 15.6. The van der Waals surface area contributed by atoms with Crippen molar-refractivity contribution in [3.63, 3.8) is 0 Å². The van der Waals surface area contributed by atoms with E-state index in [2.05, 4.69) is 26.8 Å². The SMILES string of the molecule is CC[C@@H](C)C(=O)Nc1ncnn2c([C@]3(C#N)O[C@H](COC(=O)CC4CCCCC4)[C@@H](OC(=O)[C@@H](NC(=O)OC(C)(C)C)C(C)(C)C)[C@H]3O)ccc12. The number of carbonyl (C=O) groups excluding carboxylic acids is 4. The quantitative estimate of drug-likeness (QED) is 0.217. The van der Waals surface area contributed by atoms with Crippen molar-refractivity contribution in [2.45, 2.75) is 136 Å². The van der Waals surface area contributed by atoms with Gasteiger partial charge in [-0.05, 0) is 63.5 Å². The summed E-state index contributed by atoms with van der Waals surface area (Å²) in [6.07, 6.45) is 1.58. The molecule has 2 aliphatic rings. The number of nitriles is 1. The number of amides is 2. The molecule has 1 aliphatic carbocycles. The van der Waals surface area contributed by atoms with Crippen molar-refractivity contribution in [1.29, 1.82) is 5.26 Å². The monoisotopic (exact) mass is 712 g/mol. The molecule has 2 amide bonds. The van der Waals surface area contributed by atoms with Crippen molar-refractivity contribution in [3.8, 4) is 6.07 Å². The fourth-order valence-electron chi connectivity index (χ4n) is 6.30. The highest BCUT2D eigenvalue weighted by atomic mass is 16.6. The number of ether oxygens (including phenoxy) is 4. The van der Waals surface area contributed by atoms with Crippen LogP contribution in [0.25, 0.3) is 5.52 Å². The summed E-state index contributed by atoms with van der Waals surface area (Å²) in [5.74, 6) is -1.57. The Hall–Kier alpha value is -4.29. The lowest BCUT2D eigenvalue weighted by Crippen LogP contribution is -2.53. The largest absolute Gasteiger partial charge is 0.463 e. The van der Waals surface area contributed by atoms with Crippen molar-refractivity contribution >= 4 is 35.3 Å².